The number of hydrogen-bond donors (Lipinski definition) is 2. The Morgan fingerprint density at radius 1 is 0.944 bits per heavy atom. The third-order valence-corrected chi connectivity index (χ3v) is 7.28. The van der Waals surface area contributed by atoms with Crippen molar-refractivity contribution in [3.8, 4) is 0 Å². The van der Waals surface area contributed by atoms with Crippen LogP contribution in [0.1, 0.15) is 43.7 Å². The molecular formula is C30H26Cl2N2O2. The van der Waals surface area contributed by atoms with Gasteiger partial charge in [-0.15, -0.1) is 0 Å². The predicted molar refractivity (Wildman–Crippen MR) is 147 cm³/mol. The zero-order chi connectivity index (χ0) is 25.6. The van der Waals surface area contributed by atoms with Crippen molar-refractivity contribution in [2.24, 2.45) is 5.41 Å². The second-order valence-corrected chi connectivity index (χ2v) is 11.0. The van der Waals surface area contributed by atoms with Crippen LogP contribution in [0.2, 0.25) is 10.0 Å². The molecule has 0 amide bonds. The van der Waals surface area contributed by atoms with E-state index < -0.39 is 5.92 Å². The monoisotopic (exact) mass is 516 g/mol. The van der Waals surface area contributed by atoms with Crippen LogP contribution in [0.5, 0.6) is 0 Å². The fourth-order valence-electron chi connectivity index (χ4n) is 5.25. The van der Waals surface area contributed by atoms with E-state index in [4.69, 9.17) is 23.2 Å². The molecule has 1 aliphatic carbocycles. The Balaban J connectivity index is 1.86. The number of halogens is 2. The van der Waals surface area contributed by atoms with Gasteiger partial charge in [-0.3, -0.25) is 15.1 Å². The Morgan fingerprint density at radius 3 is 2.31 bits per heavy atom. The number of ketones is 1. The minimum Gasteiger partial charge on any atom is -0.507 e. The smallest absolute Gasteiger partial charge is 0.162 e. The highest BCUT2D eigenvalue weighted by Gasteiger charge is 2.46. The number of nitrogens with one attached hydrogen (secondary N) is 1. The molecule has 1 atom stereocenters. The quantitative estimate of drug-likeness (QED) is 0.344. The van der Waals surface area contributed by atoms with Gasteiger partial charge in [-0.25, -0.2) is 0 Å². The molecule has 0 aromatic heterocycles. The molecule has 0 saturated carbocycles. The largest absolute Gasteiger partial charge is 0.507 e. The zero-order valence-corrected chi connectivity index (χ0v) is 21.6. The third kappa shape index (κ3) is 4.36. The number of nitrogens with zero attached hydrogens (tertiary/aromatic N) is 1. The summed E-state index contributed by atoms with van der Waals surface area (Å²) in [4.78, 5) is 15.6. The molecule has 1 unspecified atom stereocenters. The molecular weight excluding hydrogens is 491 g/mol. The molecule has 1 heterocycles. The topological polar surface area (TPSA) is 64.4 Å². The van der Waals surface area contributed by atoms with Crippen molar-refractivity contribution in [3.05, 3.63) is 117 Å². The normalized spacial score (nSPS) is 20.9. The lowest BCUT2D eigenvalue weighted by Gasteiger charge is -2.45. The van der Waals surface area contributed by atoms with Crippen LogP contribution in [0.3, 0.4) is 0 Å². The molecule has 2 aliphatic rings. The Kier molecular flexibility index (Phi) is 6.27. The first kappa shape index (κ1) is 24.4. The van der Waals surface area contributed by atoms with Gasteiger partial charge in [0.25, 0.3) is 0 Å². The summed E-state index contributed by atoms with van der Waals surface area (Å²) in [5.41, 5.74) is 3.52. The van der Waals surface area contributed by atoms with Crippen LogP contribution in [-0.2, 0) is 4.79 Å². The number of Topliss-reactive ketones (excluding diaryl/α,β-unsaturated/α-hetero) is 1. The van der Waals surface area contributed by atoms with Gasteiger partial charge in [-0.2, -0.15) is 0 Å². The number of aliphatic hydroxyl groups excluding tert-OH is 1. The molecule has 0 saturated heterocycles. The van der Waals surface area contributed by atoms with Crippen LogP contribution in [0.15, 0.2) is 95.7 Å². The average molecular weight is 517 g/mol. The van der Waals surface area contributed by atoms with Crippen molar-refractivity contribution in [2.45, 2.75) is 32.6 Å². The molecule has 5 rings (SSSR count). The van der Waals surface area contributed by atoms with Crippen molar-refractivity contribution < 1.29 is 9.90 Å². The summed E-state index contributed by atoms with van der Waals surface area (Å²) in [7, 11) is 0. The molecule has 0 spiro atoms. The molecule has 3 aromatic carbocycles. The van der Waals surface area contributed by atoms with E-state index in [1.807, 2.05) is 42.5 Å². The van der Waals surface area contributed by atoms with E-state index in [2.05, 4.69) is 13.8 Å². The Labute approximate surface area is 221 Å². The SMILES string of the molecule is CC1(C)CC(=O)C2=C(C1)N(c1cccc(Cl)c1)C(=N)/C(=C(/O)c1ccccc1)C2c1ccc(Cl)cc1. The van der Waals surface area contributed by atoms with Crippen LogP contribution >= 0.6 is 23.2 Å². The van der Waals surface area contributed by atoms with Gasteiger partial charge in [-0.1, -0.05) is 85.6 Å². The number of carbonyl (C=O) groups excluding carboxylic acids is 1. The van der Waals surface area contributed by atoms with Gasteiger partial charge in [-0.05, 0) is 47.7 Å². The van der Waals surface area contributed by atoms with Crippen LogP contribution < -0.4 is 4.90 Å². The summed E-state index contributed by atoms with van der Waals surface area (Å²) in [5, 5.41) is 22.2. The molecule has 4 nitrogen and oxygen atoms in total. The maximum absolute atomic E-state index is 13.8. The van der Waals surface area contributed by atoms with E-state index in [9.17, 15) is 15.3 Å². The number of benzene rings is 3. The summed E-state index contributed by atoms with van der Waals surface area (Å²) in [6, 6.07) is 23.7. The standard InChI is InChI=1S/C30H26Cl2N2O2/c1-30(2)16-23-26(24(35)17-30)25(18-11-13-20(31)14-12-18)27(28(36)19-7-4-3-5-8-19)29(33)34(23)22-10-6-9-21(32)15-22/h3-15,25,33,36H,16-17H2,1-2H3/b28-27+,33-29?. The Hall–Kier alpha value is -3.34. The number of anilines is 1. The highest BCUT2D eigenvalue weighted by atomic mass is 35.5. The number of hydrogen-bond acceptors (Lipinski definition) is 3. The summed E-state index contributed by atoms with van der Waals surface area (Å²) in [6.45, 7) is 4.14. The minimum atomic E-state index is -0.607. The van der Waals surface area contributed by atoms with Crippen LogP contribution in [-0.4, -0.2) is 16.7 Å². The fraction of sp³-hybridized carbons (Fsp3) is 0.200. The van der Waals surface area contributed by atoms with E-state index in [1.54, 1.807) is 41.3 Å². The summed E-state index contributed by atoms with van der Waals surface area (Å²) in [5.74, 6) is -0.511. The molecule has 0 fully saturated rings. The van der Waals surface area contributed by atoms with Gasteiger partial charge in [0, 0.05) is 50.5 Å². The number of rotatable bonds is 3. The summed E-state index contributed by atoms with van der Waals surface area (Å²) < 4.78 is 0. The number of allylic oxidation sites excluding steroid dienone is 2. The second-order valence-electron chi connectivity index (χ2n) is 10.1. The molecule has 36 heavy (non-hydrogen) atoms. The second kappa shape index (κ2) is 9.27. The molecule has 6 heteroatoms. The molecule has 2 N–H and O–H groups in total. The van der Waals surface area contributed by atoms with Crippen LogP contribution in [0.25, 0.3) is 5.76 Å². The first-order valence-electron chi connectivity index (χ1n) is 11.8. The Morgan fingerprint density at radius 2 is 1.64 bits per heavy atom. The van der Waals surface area contributed by atoms with Gasteiger partial charge in [0.2, 0.25) is 0 Å². The third-order valence-electron chi connectivity index (χ3n) is 6.79. The van der Waals surface area contributed by atoms with Crippen LogP contribution in [0.4, 0.5) is 5.69 Å². The predicted octanol–water partition coefficient (Wildman–Crippen LogP) is 8.19. The molecule has 3 aromatic rings. The van der Waals surface area contributed by atoms with Gasteiger partial charge >= 0.3 is 0 Å². The number of amidine groups is 1. The van der Waals surface area contributed by atoms with Crippen molar-refractivity contribution in [2.75, 3.05) is 4.90 Å². The lowest BCUT2D eigenvalue weighted by Crippen LogP contribution is -2.45. The highest BCUT2D eigenvalue weighted by molar-refractivity contribution is 6.31. The first-order chi connectivity index (χ1) is 17.2. The maximum Gasteiger partial charge on any atom is 0.162 e. The van der Waals surface area contributed by atoms with Crippen molar-refractivity contribution in [3.63, 3.8) is 0 Å². The van der Waals surface area contributed by atoms with E-state index in [1.165, 1.54) is 0 Å². The van der Waals surface area contributed by atoms with E-state index >= 15 is 0 Å². The minimum absolute atomic E-state index is 0.0130. The average Bonchev–Trinajstić information content (AvgIpc) is 2.83. The summed E-state index contributed by atoms with van der Waals surface area (Å²) in [6.07, 6.45) is 0.985. The lowest BCUT2D eigenvalue weighted by atomic mass is 9.67. The first-order valence-corrected chi connectivity index (χ1v) is 12.6. The molecule has 1 aliphatic heterocycles. The highest BCUT2D eigenvalue weighted by Crippen LogP contribution is 2.51. The van der Waals surface area contributed by atoms with Crippen molar-refractivity contribution >= 4 is 46.3 Å². The summed E-state index contributed by atoms with van der Waals surface area (Å²) >= 11 is 12.5. The van der Waals surface area contributed by atoms with Crippen molar-refractivity contribution in [1.82, 2.24) is 0 Å². The Bertz CT molecular complexity index is 1420. The fourth-order valence-corrected chi connectivity index (χ4v) is 5.57. The van der Waals surface area contributed by atoms with E-state index in [0.29, 0.717) is 45.3 Å². The number of aliphatic hydroxyl groups is 1. The lowest BCUT2D eigenvalue weighted by molar-refractivity contribution is -0.118. The van der Waals surface area contributed by atoms with Gasteiger partial charge in [0.05, 0.1) is 0 Å². The van der Waals surface area contributed by atoms with Gasteiger partial charge in [0.1, 0.15) is 11.6 Å². The number of carbonyl (C=O) groups is 1. The molecule has 0 bridgehead atoms. The zero-order valence-electron chi connectivity index (χ0n) is 20.1. The van der Waals surface area contributed by atoms with E-state index in [-0.39, 0.29) is 22.8 Å². The van der Waals surface area contributed by atoms with Gasteiger partial charge < -0.3 is 5.11 Å². The maximum atomic E-state index is 13.8. The molecule has 182 valence electrons. The van der Waals surface area contributed by atoms with E-state index in [0.717, 1.165) is 11.3 Å². The van der Waals surface area contributed by atoms with Crippen LogP contribution in [0, 0.1) is 10.8 Å². The van der Waals surface area contributed by atoms with Gasteiger partial charge in [0.15, 0.2) is 5.78 Å². The van der Waals surface area contributed by atoms with Crippen molar-refractivity contribution in [1.29, 1.82) is 5.41 Å². The molecule has 0 radical (unpaired) electrons.